The lowest BCUT2D eigenvalue weighted by molar-refractivity contribution is -0.152. The molecular formula is C28H31N7O9S. The molecule has 0 aliphatic carbocycles. The Kier molecular flexibility index (Phi) is 10.3. The topological polar surface area (TPSA) is 192 Å². The second kappa shape index (κ2) is 14.7. The summed E-state index contributed by atoms with van der Waals surface area (Å²) in [6, 6.07) is 6.45. The molecule has 16 nitrogen and oxygen atoms in total. The minimum absolute atomic E-state index is 0.0173. The molecule has 5 heterocycles. The van der Waals surface area contributed by atoms with Crippen LogP contribution in [0.2, 0.25) is 0 Å². The van der Waals surface area contributed by atoms with Crippen molar-refractivity contribution in [2.24, 2.45) is 0 Å². The highest BCUT2D eigenvalue weighted by molar-refractivity contribution is 7.99. The number of amides is 4. The summed E-state index contributed by atoms with van der Waals surface area (Å²) in [5.74, 6) is -1.18. The predicted molar refractivity (Wildman–Crippen MR) is 155 cm³/mol. The molecule has 2 saturated heterocycles. The number of H-pyrrole nitrogens is 1. The van der Waals surface area contributed by atoms with Gasteiger partial charge in [0.15, 0.2) is 23.3 Å². The van der Waals surface area contributed by atoms with Gasteiger partial charge in [0, 0.05) is 58.8 Å². The van der Waals surface area contributed by atoms with E-state index in [-0.39, 0.29) is 64.6 Å². The Morgan fingerprint density at radius 2 is 1.31 bits per heavy atom. The first kappa shape index (κ1) is 31.5. The molecule has 1 N–H and O–H groups in total. The standard InChI is InChI=1S/C28H31N7O9S/c36-22(32-7-11-34(12-8-32)26(40)20-3-1-15-42-20)17-44-24(38)6-5-19-25(39)29-28(31-30-19)45-18-23(37)33-9-13-35(14-10-33)27(41)21-4-2-16-43-21/h1-4,15-16H,5-14,17-18H2,(H,29,31,39). The number of hydrogen-bond donors (Lipinski definition) is 1. The van der Waals surface area contributed by atoms with Crippen LogP contribution in [0.1, 0.15) is 33.2 Å². The number of piperazine rings is 2. The molecule has 0 spiro atoms. The van der Waals surface area contributed by atoms with Crippen molar-refractivity contribution in [3.63, 3.8) is 0 Å². The zero-order valence-corrected chi connectivity index (χ0v) is 25.0. The molecule has 45 heavy (non-hydrogen) atoms. The van der Waals surface area contributed by atoms with Crippen molar-refractivity contribution in [2.45, 2.75) is 18.0 Å². The molecule has 0 unspecified atom stereocenters. The Morgan fingerprint density at radius 1 is 0.778 bits per heavy atom. The van der Waals surface area contributed by atoms with Crippen molar-refractivity contribution in [3.8, 4) is 0 Å². The smallest absolute Gasteiger partial charge is 0.306 e. The minimum Gasteiger partial charge on any atom is -0.459 e. The number of aryl methyl sites for hydroxylation is 1. The first-order valence-electron chi connectivity index (χ1n) is 14.2. The average molecular weight is 642 g/mol. The minimum atomic E-state index is -0.675. The lowest BCUT2D eigenvalue weighted by atomic mass is 10.2. The summed E-state index contributed by atoms with van der Waals surface area (Å²) in [7, 11) is 0. The number of ether oxygens (including phenoxy) is 1. The van der Waals surface area contributed by atoms with Gasteiger partial charge in [-0.25, -0.2) is 0 Å². The first-order chi connectivity index (χ1) is 21.8. The number of aromatic nitrogens is 3. The molecule has 2 aliphatic rings. The molecule has 3 aromatic rings. The van der Waals surface area contributed by atoms with Crippen molar-refractivity contribution < 1.29 is 37.5 Å². The molecule has 0 bridgehead atoms. The van der Waals surface area contributed by atoms with E-state index in [9.17, 15) is 28.8 Å². The van der Waals surface area contributed by atoms with Gasteiger partial charge < -0.3 is 33.2 Å². The maximum absolute atomic E-state index is 12.6. The molecule has 238 valence electrons. The fraction of sp³-hybridized carbons (Fsp3) is 0.429. The Labute approximate surface area is 260 Å². The lowest BCUT2D eigenvalue weighted by Gasteiger charge is -2.34. The third kappa shape index (κ3) is 8.17. The monoisotopic (exact) mass is 641 g/mol. The van der Waals surface area contributed by atoms with Gasteiger partial charge in [-0.3, -0.25) is 33.8 Å². The zero-order valence-electron chi connectivity index (χ0n) is 24.2. The van der Waals surface area contributed by atoms with E-state index < -0.39 is 18.1 Å². The van der Waals surface area contributed by atoms with Gasteiger partial charge in [-0.15, -0.1) is 10.2 Å². The Morgan fingerprint density at radius 3 is 1.82 bits per heavy atom. The van der Waals surface area contributed by atoms with Crippen LogP contribution in [-0.2, 0) is 25.5 Å². The van der Waals surface area contributed by atoms with Gasteiger partial charge in [-0.05, 0) is 24.3 Å². The summed E-state index contributed by atoms with van der Waals surface area (Å²) >= 11 is 1.02. The fourth-order valence-electron chi connectivity index (χ4n) is 4.75. The van der Waals surface area contributed by atoms with E-state index in [0.29, 0.717) is 52.4 Å². The molecule has 0 saturated carbocycles. The number of hydrogen-bond acceptors (Lipinski definition) is 12. The molecule has 3 aromatic heterocycles. The highest BCUT2D eigenvalue weighted by atomic mass is 32.2. The fourth-order valence-corrected chi connectivity index (χ4v) is 5.46. The summed E-state index contributed by atoms with van der Waals surface area (Å²) in [4.78, 5) is 83.5. The quantitative estimate of drug-likeness (QED) is 0.228. The lowest BCUT2D eigenvalue weighted by Crippen LogP contribution is -2.51. The van der Waals surface area contributed by atoms with Crippen LogP contribution in [-0.4, -0.2) is 129 Å². The number of esters is 1. The first-order valence-corrected chi connectivity index (χ1v) is 15.2. The highest BCUT2D eigenvalue weighted by Gasteiger charge is 2.28. The largest absolute Gasteiger partial charge is 0.459 e. The van der Waals surface area contributed by atoms with E-state index in [0.717, 1.165) is 11.8 Å². The number of rotatable bonds is 10. The summed E-state index contributed by atoms with van der Waals surface area (Å²) in [6.07, 6.45) is 2.62. The number of nitrogens with zero attached hydrogens (tertiary/aromatic N) is 6. The predicted octanol–water partition coefficient (Wildman–Crippen LogP) is -0.112. The van der Waals surface area contributed by atoms with Gasteiger partial charge in [0.25, 0.3) is 23.3 Å². The number of furan rings is 2. The third-order valence-corrected chi connectivity index (χ3v) is 8.15. The van der Waals surface area contributed by atoms with E-state index in [1.807, 2.05) is 0 Å². The van der Waals surface area contributed by atoms with Crippen molar-refractivity contribution >= 4 is 41.4 Å². The van der Waals surface area contributed by atoms with Gasteiger partial charge in [0.05, 0.1) is 24.7 Å². The summed E-state index contributed by atoms with van der Waals surface area (Å²) in [6.45, 7) is 2.31. The van der Waals surface area contributed by atoms with Crippen molar-refractivity contribution in [1.82, 2.24) is 34.8 Å². The Hall–Kier alpha value is -4.93. The van der Waals surface area contributed by atoms with Crippen LogP contribution < -0.4 is 5.56 Å². The molecule has 2 aliphatic heterocycles. The SMILES string of the molecule is O=C(CCc1nnc(SCC(=O)N2CCN(C(=O)c3ccco3)CC2)[nH]c1=O)OCC(=O)N1CCN(C(=O)c2ccco2)CC1. The summed E-state index contributed by atoms with van der Waals surface area (Å²) in [5.41, 5.74) is -0.528. The van der Waals surface area contributed by atoms with Gasteiger partial charge in [-0.1, -0.05) is 11.8 Å². The molecule has 5 rings (SSSR count). The van der Waals surface area contributed by atoms with Gasteiger partial charge in [-0.2, -0.15) is 0 Å². The van der Waals surface area contributed by atoms with Gasteiger partial charge in [0.1, 0.15) is 5.69 Å². The van der Waals surface area contributed by atoms with E-state index in [4.69, 9.17) is 13.6 Å². The van der Waals surface area contributed by atoms with Crippen LogP contribution in [0.15, 0.2) is 55.6 Å². The van der Waals surface area contributed by atoms with E-state index in [2.05, 4.69) is 15.2 Å². The molecule has 17 heteroatoms. The highest BCUT2D eigenvalue weighted by Crippen LogP contribution is 2.14. The van der Waals surface area contributed by atoms with Crippen molar-refractivity contribution in [3.05, 3.63) is 64.4 Å². The third-order valence-electron chi connectivity index (χ3n) is 7.30. The number of aromatic amines is 1. The van der Waals surface area contributed by atoms with Crippen molar-refractivity contribution in [2.75, 3.05) is 64.7 Å². The van der Waals surface area contributed by atoms with Crippen LogP contribution in [0, 0.1) is 0 Å². The van der Waals surface area contributed by atoms with E-state index >= 15 is 0 Å². The van der Waals surface area contributed by atoms with Crippen LogP contribution in [0.4, 0.5) is 0 Å². The van der Waals surface area contributed by atoms with Crippen LogP contribution in [0.5, 0.6) is 0 Å². The molecule has 0 radical (unpaired) electrons. The molecular weight excluding hydrogens is 610 g/mol. The second-order valence-corrected chi connectivity index (χ2v) is 11.1. The number of carbonyl (C=O) groups is 5. The Bertz CT molecular complexity index is 1560. The number of carbonyl (C=O) groups excluding carboxylic acids is 5. The van der Waals surface area contributed by atoms with E-state index in [1.165, 1.54) is 17.4 Å². The summed E-state index contributed by atoms with van der Waals surface area (Å²) < 4.78 is 15.4. The summed E-state index contributed by atoms with van der Waals surface area (Å²) in [5, 5.41) is 7.99. The number of nitrogens with one attached hydrogen (secondary N) is 1. The zero-order chi connectivity index (χ0) is 31.8. The average Bonchev–Trinajstić information content (AvgIpc) is 3.81. The molecule has 2 fully saturated rings. The normalized spacial score (nSPS) is 15.2. The van der Waals surface area contributed by atoms with Crippen LogP contribution >= 0.6 is 11.8 Å². The Balaban J connectivity index is 0.979. The van der Waals surface area contributed by atoms with Gasteiger partial charge >= 0.3 is 5.97 Å². The molecule has 0 atom stereocenters. The second-order valence-electron chi connectivity index (χ2n) is 10.2. The van der Waals surface area contributed by atoms with Crippen molar-refractivity contribution in [1.29, 1.82) is 0 Å². The molecule has 0 aromatic carbocycles. The van der Waals surface area contributed by atoms with Gasteiger partial charge in [0.2, 0.25) is 5.91 Å². The van der Waals surface area contributed by atoms with Crippen LogP contribution in [0.3, 0.4) is 0 Å². The maximum atomic E-state index is 12.6. The number of thioether (sulfide) groups is 1. The molecule has 4 amide bonds. The van der Waals surface area contributed by atoms with E-state index in [1.54, 1.807) is 39.0 Å². The van der Waals surface area contributed by atoms with Crippen LogP contribution in [0.25, 0.3) is 0 Å². The maximum Gasteiger partial charge on any atom is 0.306 e.